The van der Waals surface area contributed by atoms with Crippen LogP contribution in [0.5, 0.6) is 0 Å². The Morgan fingerprint density at radius 3 is 2.52 bits per heavy atom. The van der Waals surface area contributed by atoms with Gasteiger partial charge in [-0.3, -0.25) is 19.7 Å². The van der Waals surface area contributed by atoms with Gasteiger partial charge in [-0.2, -0.15) is 0 Å². The Bertz CT molecular complexity index is 807. The average molecular weight is 302 g/mol. The molecule has 21 heavy (non-hydrogen) atoms. The summed E-state index contributed by atoms with van der Waals surface area (Å²) in [4.78, 5) is 39.3. The summed E-state index contributed by atoms with van der Waals surface area (Å²) in [5.41, 5.74) is 0.793. The number of hydrogen-bond donors (Lipinski definition) is 0. The molecule has 0 N–H and O–H groups in total. The molecular weight excluding hydrogens is 292 g/mol. The Labute approximate surface area is 123 Å². The number of thiazole rings is 1. The minimum Gasteiger partial charge on any atom is -0.285 e. The molecule has 0 unspecified atom stereocenters. The minimum absolute atomic E-state index is 0.0577. The predicted octanol–water partition coefficient (Wildman–Crippen LogP) is 3.22. The number of benzene rings is 1. The summed E-state index contributed by atoms with van der Waals surface area (Å²) in [6.45, 7) is 3.90. The monoisotopic (exact) mass is 302 g/mol. The molecular formula is C14H10N2O4S. The van der Waals surface area contributed by atoms with Crippen molar-refractivity contribution in [3.05, 3.63) is 43.8 Å². The number of Topliss-reactive ketones (excluding diaryl/α,β-unsaturated/α-hetero) is 2. The highest BCUT2D eigenvalue weighted by Crippen LogP contribution is 2.39. The summed E-state index contributed by atoms with van der Waals surface area (Å²) in [6.07, 6.45) is 0. The van der Waals surface area contributed by atoms with Crippen molar-refractivity contribution in [3.8, 4) is 11.3 Å². The second kappa shape index (κ2) is 4.56. The van der Waals surface area contributed by atoms with Crippen molar-refractivity contribution >= 4 is 28.6 Å². The van der Waals surface area contributed by atoms with Gasteiger partial charge in [-0.05, 0) is 6.07 Å². The molecule has 1 aromatic carbocycles. The van der Waals surface area contributed by atoms with Crippen LogP contribution < -0.4 is 0 Å². The summed E-state index contributed by atoms with van der Waals surface area (Å²) in [7, 11) is 0. The van der Waals surface area contributed by atoms with Gasteiger partial charge in [0, 0.05) is 29.2 Å². The Kier molecular flexibility index (Phi) is 2.94. The minimum atomic E-state index is -0.708. The van der Waals surface area contributed by atoms with Crippen molar-refractivity contribution < 1.29 is 14.5 Å². The molecule has 0 aliphatic heterocycles. The van der Waals surface area contributed by atoms with E-state index in [0.717, 1.165) is 11.1 Å². The lowest BCUT2D eigenvalue weighted by Gasteiger charge is -2.12. The molecule has 3 rings (SSSR count). The summed E-state index contributed by atoms with van der Waals surface area (Å²) in [5.74, 6) is -1.20. The molecule has 0 spiro atoms. The number of nitro groups is 1. The average Bonchev–Trinajstić information content (AvgIpc) is 2.89. The quantitative estimate of drug-likeness (QED) is 0.482. The van der Waals surface area contributed by atoms with E-state index < -0.39 is 16.5 Å². The fourth-order valence-electron chi connectivity index (χ4n) is 2.19. The van der Waals surface area contributed by atoms with Crippen LogP contribution in [0.2, 0.25) is 0 Å². The van der Waals surface area contributed by atoms with Gasteiger partial charge in [0.25, 0.3) is 5.69 Å². The highest BCUT2D eigenvalue weighted by molar-refractivity contribution is 7.15. The van der Waals surface area contributed by atoms with Crippen molar-refractivity contribution in [3.63, 3.8) is 0 Å². The number of carbonyl (C=O) groups excluding carboxylic acids is 2. The molecule has 0 radical (unpaired) electrons. The molecule has 1 aliphatic rings. The second-order valence-corrected chi connectivity index (χ2v) is 6.06. The summed E-state index contributed by atoms with van der Waals surface area (Å²) in [5, 5.41) is 11.6. The molecule has 0 amide bonds. The first-order valence-electron chi connectivity index (χ1n) is 6.28. The van der Waals surface area contributed by atoms with Crippen LogP contribution in [0, 0.1) is 10.1 Å². The Hall–Kier alpha value is -2.41. The molecule has 1 heterocycles. The van der Waals surface area contributed by atoms with Crippen LogP contribution in [0.1, 0.15) is 44.8 Å². The first kappa shape index (κ1) is 13.6. The zero-order chi connectivity index (χ0) is 15.3. The van der Waals surface area contributed by atoms with E-state index in [0.29, 0.717) is 16.1 Å². The van der Waals surface area contributed by atoms with Gasteiger partial charge in [0.15, 0.2) is 0 Å². The van der Waals surface area contributed by atoms with E-state index in [4.69, 9.17) is 0 Å². The van der Waals surface area contributed by atoms with E-state index in [9.17, 15) is 19.7 Å². The Balaban J connectivity index is 2.27. The van der Waals surface area contributed by atoms with Crippen molar-refractivity contribution in [2.45, 2.75) is 19.8 Å². The highest BCUT2D eigenvalue weighted by atomic mass is 32.1. The molecule has 0 atom stereocenters. The van der Waals surface area contributed by atoms with E-state index in [2.05, 4.69) is 4.98 Å². The summed E-state index contributed by atoms with van der Waals surface area (Å²) in [6, 6.07) is 3.95. The maximum absolute atomic E-state index is 12.1. The number of non-ortho nitro benzene ring substituents is 1. The Morgan fingerprint density at radius 2 is 1.90 bits per heavy atom. The van der Waals surface area contributed by atoms with E-state index >= 15 is 0 Å². The number of nitrogens with zero attached hydrogens (tertiary/aromatic N) is 2. The molecule has 7 heteroatoms. The standard InChI is InChI=1S/C14H10N2O4S/c1-6(2)14-15-10-8-4-3-7(16(19)20)5-9(8)11(17)12(18)13(10)21-14/h3-6H,1-2H3. The largest absolute Gasteiger partial charge is 0.285 e. The van der Waals surface area contributed by atoms with Gasteiger partial charge in [0.1, 0.15) is 4.88 Å². The van der Waals surface area contributed by atoms with Crippen molar-refractivity contribution in [1.82, 2.24) is 4.98 Å². The predicted molar refractivity (Wildman–Crippen MR) is 77.0 cm³/mol. The Morgan fingerprint density at radius 1 is 1.19 bits per heavy atom. The number of nitro benzene ring substituents is 1. The molecule has 0 fully saturated rings. The molecule has 1 aliphatic carbocycles. The lowest BCUT2D eigenvalue weighted by Crippen LogP contribution is -2.20. The topological polar surface area (TPSA) is 90.2 Å². The van der Waals surface area contributed by atoms with Crippen LogP contribution in [0.15, 0.2) is 18.2 Å². The SMILES string of the molecule is CC(C)c1nc2c(s1)C(=O)C(=O)c1cc([N+](=O)[O-])ccc1-2. The van der Waals surface area contributed by atoms with Crippen LogP contribution in [-0.4, -0.2) is 21.5 Å². The van der Waals surface area contributed by atoms with Gasteiger partial charge in [-0.1, -0.05) is 13.8 Å². The lowest BCUT2D eigenvalue weighted by molar-refractivity contribution is -0.384. The van der Waals surface area contributed by atoms with Crippen LogP contribution in [0.25, 0.3) is 11.3 Å². The van der Waals surface area contributed by atoms with Crippen LogP contribution in [0.4, 0.5) is 5.69 Å². The van der Waals surface area contributed by atoms with Gasteiger partial charge >= 0.3 is 0 Å². The third kappa shape index (κ3) is 1.97. The zero-order valence-corrected chi connectivity index (χ0v) is 12.1. The number of ketones is 2. The maximum Gasteiger partial charge on any atom is 0.270 e. The van der Waals surface area contributed by atoms with Crippen LogP contribution in [0.3, 0.4) is 0 Å². The van der Waals surface area contributed by atoms with Gasteiger partial charge in [0.2, 0.25) is 11.6 Å². The van der Waals surface area contributed by atoms with E-state index in [1.807, 2.05) is 13.8 Å². The fraction of sp³-hybridized carbons (Fsp3) is 0.214. The van der Waals surface area contributed by atoms with Crippen LogP contribution in [-0.2, 0) is 0 Å². The molecule has 0 saturated carbocycles. The molecule has 6 nitrogen and oxygen atoms in total. The normalized spacial score (nSPS) is 13.3. The molecule has 1 aromatic heterocycles. The van der Waals surface area contributed by atoms with Gasteiger partial charge < -0.3 is 0 Å². The fourth-order valence-corrected chi connectivity index (χ4v) is 3.21. The summed E-state index contributed by atoms with van der Waals surface area (Å²) >= 11 is 1.21. The van der Waals surface area contributed by atoms with Crippen molar-refractivity contribution in [2.75, 3.05) is 0 Å². The zero-order valence-electron chi connectivity index (χ0n) is 11.2. The third-order valence-electron chi connectivity index (χ3n) is 3.26. The first-order valence-corrected chi connectivity index (χ1v) is 7.10. The molecule has 0 bridgehead atoms. The van der Waals surface area contributed by atoms with Crippen molar-refractivity contribution in [1.29, 1.82) is 0 Å². The van der Waals surface area contributed by atoms with E-state index in [-0.39, 0.29) is 17.2 Å². The first-order chi connectivity index (χ1) is 9.90. The molecule has 2 aromatic rings. The molecule has 106 valence electrons. The van der Waals surface area contributed by atoms with Crippen molar-refractivity contribution in [2.24, 2.45) is 0 Å². The van der Waals surface area contributed by atoms with Gasteiger partial charge in [0.05, 0.1) is 15.6 Å². The number of hydrogen-bond acceptors (Lipinski definition) is 6. The number of carbonyl (C=O) groups is 2. The van der Waals surface area contributed by atoms with Gasteiger partial charge in [-0.25, -0.2) is 4.98 Å². The maximum atomic E-state index is 12.1. The van der Waals surface area contributed by atoms with Gasteiger partial charge in [-0.15, -0.1) is 11.3 Å². The molecule has 0 saturated heterocycles. The second-order valence-electron chi connectivity index (χ2n) is 5.03. The number of rotatable bonds is 2. The lowest BCUT2D eigenvalue weighted by atomic mass is 9.91. The third-order valence-corrected chi connectivity index (χ3v) is 4.62. The van der Waals surface area contributed by atoms with Crippen LogP contribution >= 0.6 is 11.3 Å². The number of fused-ring (bicyclic) bond motifs is 3. The highest BCUT2D eigenvalue weighted by Gasteiger charge is 2.35. The number of aromatic nitrogens is 1. The smallest absolute Gasteiger partial charge is 0.270 e. The van der Waals surface area contributed by atoms with E-state index in [1.54, 1.807) is 0 Å². The van der Waals surface area contributed by atoms with E-state index in [1.165, 1.54) is 23.5 Å². The summed E-state index contributed by atoms with van der Waals surface area (Å²) < 4.78 is 0.